The molecule has 1 amide bonds. The number of amides is 1. The van der Waals surface area contributed by atoms with Crippen LogP contribution in [0.5, 0.6) is 0 Å². The summed E-state index contributed by atoms with van der Waals surface area (Å²) < 4.78 is 0. The fourth-order valence-electron chi connectivity index (χ4n) is 3.92. The fourth-order valence-corrected chi connectivity index (χ4v) is 4.42. The lowest BCUT2D eigenvalue weighted by atomic mass is 9.96. The van der Waals surface area contributed by atoms with E-state index in [4.69, 9.17) is 23.2 Å². The van der Waals surface area contributed by atoms with Gasteiger partial charge in [-0.3, -0.25) is 9.59 Å². The predicted octanol–water partition coefficient (Wildman–Crippen LogP) is 5.59. The zero-order chi connectivity index (χ0) is 23.4. The van der Waals surface area contributed by atoms with Crippen molar-refractivity contribution in [3.63, 3.8) is 0 Å². The largest absolute Gasteiger partial charge is 0.360 e. The summed E-state index contributed by atoms with van der Waals surface area (Å²) in [5.41, 5.74) is 3.48. The molecule has 0 radical (unpaired) electrons. The Morgan fingerprint density at radius 3 is 2.48 bits per heavy atom. The summed E-state index contributed by atoms with van der Waals surface area (Å²) >= 11 is 12.3. The number of H-pyrrole nitrogens is 1. The average Bonchev–Trinajstić information content (AvgIpc) is 3.27. The van der Waals surface area contributed by atoms with Gasteiger partial charge in [-0.05, 0) is 35.7 Å². The van der Waals surface area contributed by atoms with E-state index in [1.807, 2.05) is 42.5 Å². The van der Waals surface area contributed by atoms with Crippen molar-refractivity contribution in [3.05, 3.63) is 105 Å². The molecule has 168 valence electrons. The maximum atomic E-state index is 13.7. The fraction of sp³-hybridized carbons (Fsp3) is 0.154. The summed E-state index contributed by atoms with van der Waals surface area (Å²) in [5, 5.41) is 7.93. The van der Waals surface area contributed by atoms with Crippen molar-refractivity contribution >= 4 is 45.8 Å². The van der Waals surface area contributed by atoms with Gasteiger partial charge in [0, 0.05) is 40.8 Å². The van der Waals surface area contributed by atoms with E-state index < -0.39 is 6.04 Å². The third-order valence-corrected chi connectivity index (χ3v) is 6.19. The smallest absolute Gasteiger partial charge is 0.253 e. The number of benzene rings is 3. The second-order valence-corrected chi connectivity index (χ2v) is 8.50. The third kappa shape index (κ3) is 4.96. The minimum Gasteiger partial charge on any atom is -0.360 e. The van der Waals surface area contributed by atoms with Gasteiger partial charge in [0.25, 0.3) is 5.91 Å². The monoisotopic (exact) mass is 479 g/mol. The van der Waals surface area contributed by atoms with E-state index in [0.29, 0.717) is 45.0 Å². The van der Waals surface area contributed by atoms with Gasteiger partial charge in [0.2, 0.25) is 0 Å². The molecule has 5 nitrogen and oxygen atoms in total. The number of carbonyl (C=O) groups is 2. The van der Waals surface area contributed by atoms with Crippen molar-refractivity contribution in [2.75, 3.05) is 13.6 Å². The van der Waals surface area contributed by atoms with Crippen molar-refractivity contribution < 1.29 is 9.59 Å². The molecular formula is C26H23Cl2N3O2. The maximum absolute atomic E-state index is 13.7. The number of nitrogens with one attached hydrogen (secondary N) is 3. The van der Waals surface area contributed by atoms with Crippen LogP contribution in [0.2, 0.25) is 10.0 Å². The second kappa shape index (κ2) is 10.2. The van der Waals surface area contributed by atoms with E-state index in [9.17, 15) is 9.59 Å². The Kier molecular flexibility index (Phi) is 7.14. The number of aromatic nitrogens is 1. The predicted molar refractivity (Wildman–Crippen MR) is 133 cm³/mol. The molecule has 1 aromatic heterocycles. The molecule has 7 heteroatoms. The number of ketones is 1. The first kappa shape index (κ1) is 23.1. The average molecular weight is 480 g/mol. The summed E-state index contributed by atoms with van der Waals surface area (Å²) in [6.45, 7) is 0.540. The Bertz CT molecular complexity index is 1300. The van der Waals surface area contributed by atoms with Crippen LogP contribution in [-0.2, 0) is 6.42 Å². The summed E-state index contributed by atoms with van der Waals surface area (Å²) in [7, 11) is 1.58. The van der Waals surface area contributed by atoms with Crippen LogP contribution < -0.4 is 10.6 Å². The maximum Gasteiger partial charge on any atom is 0.253 e. The van der Waals surface area contributed by atoms with Gasteiger partial charge in [0.1, 0.15) is 0 Å². The third-order valence-electron chi connectivity index (χ3n) is 5.61. The van der Waals surface area contributed by atoms with E-state index in [1.54, 1.807) is 37.5 Å². The highest BCUT2D eigenvalue weighted by molar-refractivity contribution is 6.35. The Balaban J connectivity index is 1.62. The van der Waals surface area contributed by atoms with E-state index >= 15 is 0 Å². The van der Waals surface area contributed by atoms with Crippen molar-refractivity contribution in [3.8, 4) is 0 Å². The van der Waals surface area contributed by atoms with Crippen LogP contribution in [0.15, 0.2) is 72.9 Å². The minimum absolute atomic E-state index is 0.0799. The Labute approximate surface area is 202 Å². The van der Waals surface area contributed by atoms with Crippen LogP contribution in [-0.4, -0.2) is 30.3 Å². The molecule has 0 aliphatic heterocycles. The summed E-state index contributed by atoms with van der Waals surface area (Å²) in [6, 6.07) is 19.8. The number of carbonyl (C=O) groups excluding carboxylic acids is 2. The number of rotatable bonds is 8. The molecule has 33 heavy (non-hydrogen) atoms. The first-order chi connectivity index (χ1) is 16.0. The van der Waals surface area contributed by atoms with Gasteiger partial charge >= 0.3 is 0 Å². The van der Waals surface area contributed by atoms with Gasteiger partial charge in [-0.2, -0.15) is 0 Å². The first-order valence-electron chi connectivity index (χ1n) is 10.6. The number of hydrogen-bond acceptors (Lipinski definition) is 3. The SMILES string of the molecule is CNC(=O)c1cccc2c(C(=O)C(NCCc3ccc(Cl)cc3Cl)c3ccccc3)c[nH]c12. The van der Waals surface area contributed by atoms with Crippen LogP contribution in [0, 0.1) is 0 Å². The normalized spacial score (nSPS) is 12.0. The van der Waals surface area contributed by atoms with Crippen LogP contribution in [0.4, 0.5) is 0 Å². The van der Waals surface area contributed by atoms with Gasteiger partial charge < -0.3 is 15.6 Å². The topological polar surface area (TPSA) is 74.0 Å². The van der Waals surface area contributed by atoms with Crippen molar-refractivity contribution in [1.82, 2.24) is 15.6 Å². The number of hydrogen-bond donors (Lipinski definition) is 3. The van der Waals surface area contributed by atoms with Gasteiger partial charge in [-0.1, -0.05) is 71.7 Å². The van der Waals surface area contributed by atoms with Gasteiger partial charge in [-0.15, -0.1) is 0 Å². The van der Waals surface area contributed by atoms with Crippen LogP contribution in [0.3, 0.4) is 0 Å². The lowest BCUT2D eigenvalue weighted by molar-refractivity contribution is 0.0941. The Morgan fingerprint density at radius 1 is 0.970 bits per heavy atom. The summed E-state index contributed by atoms with van der Waals surface area (Å²) in [5.74, 6) is -0.289. The van der Waals surface area contributed by atoms with Crippen molar-refractivity contribution in [1.29, 1.82) is 0 Å². The van der Waals surface area contributed by atoms with Crippen molar-refractivity contribution in [2.45, 2.75) is 12.5 Å². The zero-order valence-electron chi connectivity index (χ0n) is 18.0. The van der Waals surface area contributed by atoms with Gasteiger partial charge in [-0.25, -0.2) is 0 Å². The molecule has 0 fully saturated rings. The Hall–Kier alpha value is -3.12. The van der Waals surface area contributed by atoms with Crippen LogP contribution >= 0.6 is 23.2 Å². The van der Waals surface area contributed by atoms with Crippen molar-refractivity contribution in [2.24, 2.45) is 0 Å². The van der Waals surface area contributed by atoms with Crippen LogP contribution in [0.1, 0.15) is 37.9 Å². The van der Waals surface area contributed by atoms with E-state index in [0.717, 1.165) is 11.1 Å². The molecule has 0 saturated carbocycles. The standard InChI is InChI=1S/C26H23Cl2N3O2/c1-29-26(33)20-9-5-8-19-21(15-31-24(19)20)25(32)23(17-6-3-2-4-7-17)30-13-12-16-10-11-18(27)14-22(16)28/h2-11,14-15,23,30-31H,12-13H2,1H3,(H,29,33). The van der Waals surface area contributed by atoms with Crippen LogP contribution in [0.25, 0.3) is 10.9 Å². The molecule has 0 saturated heterocycles. The molecule has 0 bridgehead atoms. The molecule has 1 atom stereocenters. The summed E-state index contributed by atoms with van der Waals surface area (Å²) in [6.07, 6.45) is 2.31. The molecule has 4 aromatic rings. The summed E-state index contributed by atoms with van der Waals surface area (Å²) in [4.78, 5) is 29.1. The Morgan fingerprint density at radius 2 is 1.76 bits per heavy atom. The molecule has 0 spiro atoms. The number of para-hydroxylation sites is 1. The lowest BCUT2D eigenvalue weighted by Gasteiger charge is -2.18. The zero-order valence-corrected chi connectivity index (χ0v) is 19.5. The highest BCUT2D eigenvalue weighted by Crippen LogP contribution is 2.27. The first-order valence-corrected chi connectivity index (χ1v) is 11.3. The number of halogens is 2. The molecule has 1 heterocycles. The molecule has 3 N–H and O–H groups in total. The second-order valence-electron chi connectivity index (χ2n) is 7.66. The molecule has 0 aliphatic carbocycles. The van der Waals surface area contributed by atoms with E-state index in [-0.39, 0.29) is 11.7 Å². The van der Waals surface area contributed by atoms with Gasteiger partial charge in [0.15, 0.2) is 5.78 Å². The molecule has 0 aliphatic rings. The molecular weight excluding hydrogens is 457 g/mol. The number of Topliss-reactive ketones (excluding diaryl/α,β-unsaturated/α-hetero) is 1. The van der Waals surface area contributed by atoms with E-state index in [2.05, 4.69) is 15.6 Å². The molecule has 1 unspecified atom stereocenters. The highest BCUT2D eigenvalue weighted by Gasteiger charge is 2.25. The van der Waals surface area contributed by atoms with Gasteiger partial charge in [0.05, 0.1) is 17.1 Å². The molecule has 4 rings (SSSR count). The highest BCUT2D eigenvalue weighted by atomic mass is 35.5. The quantitative estimate of drug-likeness (QED) is 0.288. The number of aromatic amines is 1. The minimum atomic E-state index is -0.556. The molecule has 3 aromatic carbocycles. The van der Waals surface area contributed by atoms with E-state index in [1.165, 1.54) is 0 Å². The number of fused-ring (bicyclic) bond motifs is 1. The lowest BCUT2D eigenvalue weighted by Crippen LogP contribution is -2.30.